The molecule has 0 atom stereocenters. The number of nitrogens with one attached hydrogen (secondary N) is 2. The van der Waals surface area contributed by atoms with E-state index >= 15 is 0 Å². The van der Waals surface area contributed by atoms with Crippen LogP contribution in [0.5, 0.6) is 0 Å². The molecule has 0 amide bonds. The number of carbonyl (C=O) groups excluding carboxylic acids is 2. The summed E-state index contributed by atoms with van der Waals surface area (Å²) in [6, 6.07) is 0. The van der Waals surface area contributed by atoms with Gasteiger partial charge in [-0.2, -0.15) is 0 Å². The van der Waals surface area contributed by atoms with Gasteiger partial charge < -0.3 is 10.6 Å². The van der Waals surface area contributed by atoms with Crippen molar-refractivity contribution in [2.75, 3.05) is 13.1 Å². The molecule has 2 N–H and O–H groups in total. The molecule has 76 valence electrons. The van der Waals surface area contributed by atoms with E-state index in [9.17, 15) is 9.59 Å². The summed E-state index contributed by atoms with van der Waals surface area (Å²) in [6.45, 7) is 5.02. The summed E-state index contributed by atoms with van der Waals surface area (Å²) in [4.78, 5) is 22.8. The maximum atomic E-state index is 11.4. The minimum Gasteiger partial charge on any atom is -0.382 e. The molecule has 0 bridgehead atoms. The largest absolute Gasteiger partial charge is 0.382 e. The third kappa shape index (κ3) is 2.22. The highest BCUT2D eigenvalue weighted by molar-refractivity contribution is 6.19. The van der Waals surface area contributed by atoms with Crippen LogP contribution in [0.25, 0.3) is 0 Å². The molecule has 0 heterocycles. The van der Waals surface area contributed by atoms with Gasteiger partial charge >= 0.3 is 0 Å². The molecule has 0 spiro atoms. The van der Waals surface area contributed by atoms with Crippen molar-refractivity contribution >= 4 is 11.6 Å². The van der Waals surface area contributed by atoms with Gasteiger partial charge in [0.05, 0.1) is 11.4 Å². The molecule has 4 nitrogen and oxygen atoms in total. The number of hydrogen-bond acceptors (Lipinski definition) is 4. The van der Waals surface area contributed by atoms with Gasteiger partial charge in [-0.3, -0.25) is 9.59 Å². The molecule has 1 aliphatic carbocycles. The van der Waals surface area contributed by atoms with E-state index in [1.54, 1.807) is 0 Å². The van der Waals surface area contributed by atoms with E-state index in [1.165, 1.54) is 12.2 Å². The Hall–Kier alpha value is -1.58. The summed E-state index contributed by atoms with van der Waals surface area (Å²) in [7, 11) is 0. The minimum absolute atomic E-state index is 0.151. The fourth-order valence-electron chi connectivity index (χ4n) is 1.22. The SMILES string of the molecule is CCNC1=CC(=O)C(NCC)=CC1=O. The summed E-state index contributed by atoms with van der Waals surface area (Å²) < 4.78 is 0. The minimum atomic E-state index is -0.151. The normalized spacial score (nSPS) is 16.1. The van der Waals surface area contributed by atoms with Crippen molar-refractivity contribution in [3.63, 3.8) is 0 Å². The Morgan fingerprint density at radius 1 is 0.929 bits per heavy atom. The average Bonchev–Trinajstić information content (AvgIpc) is 2.14. The maximum absolute atomic E-state index is 11.4. The van der Waals surface area contributed by atoms with Crippen LogP contribution in [0.2, 0.25) is 0 Å². The molecule has 14 heavy (non-hydrogen) atoms. The zero-order valence-electron chi connectivity index (χ0n) is 8.39. The first-order valence-electron chi connectivity index (χ1n) is 4.68. The molecule has 0 fully saturated rings. The second kappa shape index (κ2) is 4.60. The van der Waals surface area contributed by atoms with Crippen molar-refractivity contribution in [3.05, 3.63) is 23.5 Å². The smallest absolute Gasteiger partial charge is 0.203 e. The number of allylic oxidation sites excluding steroid dienone is 2. The molecule has 0 aromatic rings. The monoisotopic (exact) mass is 194 g/mol. The van der Waals surface area contributed by atoms with Gasteiger partial charge in [0.1, 0.15) is 0 Å². The lowest BCUT2D eigenvalue weighted by molar-refractivity contribution is -0.115. The van der Waals surface area contributed by atoms with Crippen molar-refractivity contribution in [2.24, 2.45) is 0 Å². The van der Waals surface area contributed by atoms with E-state index in [0.717, 1.165) is 0 Å². The highest BCUT2D eigenvalue weighted by Crippen LogP contribution is 2.07. The molecule has 0 saturated carbocycles. The molecule has 1 aliphatic rings. The summed E-state index contributed by atoms with van der Waals surface area (Å²) >= 11 is 0. The van der Waals surface area contributed by atoms with Gasteiger partial charge in [0.2, 0.25) is 11.6 Å². The predicted octanol–water partition coefficient (Wildman–Crippen LogP) is 0.125. The first-order chi connectivity index (χ1) is 6.69. The van der Waals surface area contributed by atoms with Crippen LogP contribution < -0.4 is 10.6 Å². The van der Waals surface area contributed by atoms with Crippen LogP contribution in [-0.2, 0) is 9.59 Å². The Morgan fingerprint density at radius 3 is 1.57 bits per heavy atom. The fourth-order valence-corrected chi connectivity index (χ4v) is 1.22. The Kier molecular flexibility index (Phi) is 3.45. The van der Waals surface area contributed by atoms with Gasteiger partial charge in [0.15, 0.2) is 0 Å². The van der Waals surface area contributed by atoms with Crippen LogP contribution in [0.3, 0.4) is 0 Å². The van der Waals surface area contributed by atoms with Crippen LogP contribution in [0, 0.1) is 0 Å². The predicted molar refractivity (Wildman–Crippen MR) is 53.5 cm³/mol. The van der Waals surface area contributed by atoms with Crippen LogP contribution in [0.1, 0.15) is 13.8 Å². The standard InChI is InChI=1S/C10H14N2O2/c1-3-11-7-5-10(14)8(12-4-2)6-9(7)13/h5-6,11-12H,3-4H2,1-2H3. The van der Waals surface area contributed by atoms with Gasteiger partial charge in [0, 0.05) is 25.2 Å². The van der Waals surface area contributed by atoms with Crippen LogP contribution in [0.4, 0.5) is 0 Å². The summed E-state index contributed by atoms with van der Waals surface area (Å²) in [6.07, 6.45) is 2.67. The van der Waals surface area contributed by atoms with E-state index in [0.29, 0.717) is 24.5 Å². The highest BCUT2D eigenvalue weighted by atomic mass is 16.1. The third-order valence-corrected chi connectivity index (χ3v) is 1.82. The lowest BCUT2D eigenvalue weighted by Gasteiger charge is -2.13. The first-order valence-corrected chi connectivity index (χ1v) is 4.68. The lowest BCUT2D eigenvalue weighted by atomic mass is 10.1. The topological polar surface area (TPSA) is 58.2 Å². The molecule has 1 rings (SSSR count). The third-order valence-electron chi connectivity index (χ3n) is 1.82. The summed E-state index contributed by atoms with van der Waals surface area (Å²) in [5.41, 5.74) is 0.748. The number of ketones is 2. The highest BCUT2D eigenvalue weighted by Gasteiger charge is 2.18. The summed E-state index contributed by atoms with van der Waals surface area (Å²) in [5, 5.41) is 5.69. The van der Waals surface area contributed by atoms with Crippen molar-refractivity contribution in [3.8, 4) is 0 Å². The quantitative estimate of drug-likeness (QED) is 0.624. The number of hydrogen-bond donors (Lipinski definition) is 2. The Bertz CT molecular complexity index is 284. The molecule has 0 unspecified atom stereocenters. The van der Waals surface area contributed by atoms with E-state index < -0.39 is 0 Å². The molecule has 4 heteroatoms. The molecule has 0 saturated heterocycles. The van der Waals surface area contributed by atoms with E-state index in [1.807, 2.05) is 13.8 Å². The average molecular weight is 194 g/mol. The Morgan fingerprint density at radius 2 is 1.29 bits per heavy atom. The Labute approximate surface area is 83.1 Å². The molecule has 0 radical (unpaired) electrons. The zero-order valence-corrected chi connectivity index (χ0v) is 8.39. The molecular weight excluding hydrogens is 180 g/mol. The van der Waals surface area contributed by atoms with Gasteiger partial charge in [-0.05, 0) is 13.8 Å². The van der Waals surface area contributed by atoms with E-state index in [2.05, 4.69) is 10.6 Å². The van der Waals surface area contributed by atoms with Gasteiger partial charge in [-0.15, -0.1) is 0 Å². The number of carbonyl (C=O) groups is 2. The van der Waals surface area contributed by atoms with Gasteiger partial charge in [-0.25, -0.2) is 0 Å². The molecular formula is C10H14N2O2. The van der Waals surface area contributed by atoms with Crippen LogP contribution in [0.15, 0.2) is 23.5 Å². The van der Waals surface area contributed by atoms with Gasteiger partial charge in [-0.1, -0.05) is 0 Å². The molecule has 0 aromatic carbocycles. The van der Waals surface area contributed by atoms with Gasteiger partial charge in [0.25, 0.3) is 0 Å². The lowest BCUT2D eigenvalue weighted by Crippen LogP contribution is -2.29. The van der Waals surface area contributed by atoms with Crippen LogP contribution in [-0.4, -0.2) is 24.7 Å². The fraction of sp³-hybridized carbons (Fsp3) is 0.400. The second-order valence-electron chi connectivity index (χ2n) is 2.91. The van der Waals surface area contributed by atoms with Crippen molar-refractivity contribution in [2.45, 2.75) is 13.8 Å². The molecule has 0 aromatic heterocycles. The number of rotatable bonds is 4. The van der Waals surface area contributed by atoms with Crippen molar-refractivity contribution in [1.29, 1.82) is 0 Å². The zero-order chi connectivity index (χ0) is 10.6. The maximum Gasteiger partial charge on any atom is 0.203 e. The first kappa shape index (κ1) is 10.5. The van der Waals surface area contributed by atoms with E-state index in [-0.39, 0.29) is 11.6 Å². The van der Waals surface area contributed by atoms with Crippen LogP contribution >= 0.6 is 0 Å². The Balaban J connectivity index is 2.79. The van der Waals surface area contributed by atoms with E-state index in [4.69, 9.17) is 0 Å². The molecule has 0 aliphatic heterocycles. The second-order valence-corrected chi connectivity index (χ2v) is 2.91. The van der Waals surface area contributed by atoms with Crippen molar-refractivity contribution < 1.29 is 9.59 Å². The summed E-state index contributed by atoms with van der Waals surface area (Å²) in [5.74, 6) is -0.301. The van der Waals surface area contributed by atoms with Crippen molar-refractivity contribution in [1.82, 2.24) is 10.6 Å². The number of likely N-dealkylation sites (N-methyl/N-ethyl adjacent to an activating group) is 2.